The van der Waals surface area contributed by atoms with Crippen LogP contribution in [0.15, 0.2) is 82.7 Å². The summed E-state index contributed by atoms with van der Waals surface area (Å²) in [7, 11) is 0. The van der Waals surface area contributed by atoms with Crippen LogP contribution in [-0.2, 0) is 16.1 Å². The van der Waals surface area contributed by atoms with Gasteiger partial charge in [0.2, 0.25) is 0 Å². The van der Waals surface area contributed by atoms with Gasteiger partial charge in [0.05, 0.1) is 22.3 Å². The normalized spacial score (nSPS) is 17.6. The second-order valence-corrected chi connectivity index (χ2v) is 9.91. The highest BCUT2D eigenvalue weighted by Gasteiger charge is 2.42. The zero-order chi connectivity index (χ0) is 27.6. The van der Waals surface area contributed by atoms with Crippen LogP contribution in [0.2, 0.25) is 0 Å². The topological polar surface area (TPSA) is 114 Å². The van der Waals surface area contributed by atoms with Gasteiger partial charge >= 0.3 is 5.97 Å². The summed E-state index contributed by atoms with van der Waals surface area (Å²) in [6, 6.07) is 20.1. The molecule has 2 atom stereocenters. The van der Waals surface area contributed by atoms with Gasteiger partial charge in [-0.05, 0) is 61.7 Å². The maximum atomic E-state index is 13.6. The summed E-state index contributed by atoms with van der Waals surface area (Å²) >= 11 is 0. The quantitative estimate of drug-likeness (QED) is 0.297. The van der Waals surface area contributed by atoms with Crippen molar-refractivity contribution in [3.8, 4) is 5.69 Å². The van der Waals surface area contributed by atoms with Gasteiger partial charge in [-0.3, -0.25) is 14.2 Å². The molecule has 0 amide bonds. The molecule has 39 heavy (non-hydrogen) atoms. The number of aliphatic hydroxyl groups excluding tert-OH is 1. The first-order chi connectivity index (χ1) is 18.7. The van der Waals surface area contributed by atoms with Crippen molar-refractivity contribution in [2.75, 3.05) is 0 Å². The highest BCUT2D eigenvalue weighted by Crippen LogP contribution is 2.37. The zero-order valence-electron chi connectivity index (χ0n) is 21.4. The molecule has 3 aromatic carbocycles. The zero-order valence-corrected chi connectivity index (χ0v) is 21.4. The summed E-state index contributed by atoms with van der Waals surface area (Å²) < 4.78 is 15.0. The van der Waals surface area contributed by atoms with E-state index in [0.717, 1.165) is 11.1 Å². The van der Waals surface area contributed by atoms with Crippen molar-refractivity contribution in [2.45, 2.75) is 50.7 Å². The van der Waals surface area contributed by atoms with Crippen LogP contribution < -0.4 is 5.56 Å². The van der Waals surface area contributed by atoms with Crippen LogP contribution in [0.25, 0.3) is 16.6 Å². The largest absolute Gasteiger partial charge is 0.481 e. The standard InChI is InChI=1S/C30H28FN3O5/c1-30(28(37)19-7-3-2-4-8-19)18-25(33-39-30)20-11-16-23-24(17-20)32-26(9-5-6-10-27(35)36)34(29(23)38)22-14-12-21(31)13-15-22/h2-4,7-8,11-17,28,37H,5-6,9-10,18H2,1H3,(H,35,36)/t28-,30+/m0/s1. The summed E-state index contributed by atoms with van der Waals surface area (Å²) in [5.41, 5.74) is 1.75. The molecule has 0 fully saturated rings. The molecular weight excluding hydrogens is 501 g/mol. The van der Waals surface area contributed by atoms with Gasteiger partial charge in [-0.25, -0.2) is 9.37 Å². The number of fused-ring (bicyclic) bond motifs is 1. The number of hydrogen-bond acceptors (Lipinski definition) is 6. The number of carboxylic acids is 1. The van der Waals surface area contributed by atoms with E-state index in [4.69, 9.17) is 14.9 Å². The molecule has 0 aliphatic carbocycles. The Morgan fingerprint density at radius 2 is 1.85 bits per heavy atom. The van der Waals surface area contributed by atoms with Crippen molar-refractivity contribution in [3.63, 3.8) is 0 Å². The molecule has 200 valence electrons. The van der Waals surface area contributed by atoms with Crippen LogP contribution in [0.4, 0.5) is 4.39 Å². The number of aryl methyl sites for hydroxylation is 1. The van der Waals surface area contributed by atoms with Gasteiger partial charge in [-0.2, -0.15) is 0 Å². The molecule has 1 aromatic heterocycles. The molecule has 1 aliphatic rings. The summed E-state index contributed by atoms with van der Waals surface area (Å²) in [4.78, 5) is 35.1. The van der Waals surface area contributed by atoms with Gasteiger partial charge < -0.3 is 15.1 Å². The summed E-state index contributed by atoms with van der Waals surface area (Å²) in [6.45, 7) is 1.80. The highest BCUT2D eigenvalue weighted by molar-refractivity contribution is 6.04. The van der Waals surface area contributed by atoms with Crippen LogP contribution in [-0.4, -0.2) is 37.0 Å². The lowest BCUT2D eigenvalue weighted by molar-refractivity contribution is -0.137. The molecule has 0 saturated heterocycles. The van der Waals surface area contributed by atoms with Crippen LogP contribution >= 0.6 is 0 Å². The van der Waals surface area contributed by atoms with E-state index in [0.29, 0.717) is 53.8 Å². The number of rotatable bonds is 9. The Labute approximate surface area is 224 Å². The number of halogens is 1. The van der Waals surface area contributed by atoms with Crippen molar-refractivity contribution in [1.82, 2.24) is 9.55 Å². The van der Waals surface area contributed by atoms with Crippen LogP contribution in [0.3, 0.4) is 0 Å². The first-order valence-corrected chi connectivity index (χ1v) is 12.8. The van der Waals surface area contributed by atoms with Crippen molar-refractivity contribution in [2.24, 2.45) is 5.16 Å². The summed E-state index contributed by atoms with van der Waals surface area (Å²) in [6.07, 6.45) is 0.796. The number of unbranched alkanes of at least 4 members (excludes halogenated alkanes) is 1. The van der Waals surface area contributed by atoms with Gasteiger partial charge in [-0.15, -0.1) is 0 Å². The Kier molecular flexibility index (Phi) is 7.26. The number of carbonyl (C=O) groups is 1. The third-order valence-corrected chi connectivity index (χ3v) is 6.97. The molecule has 0 saturated carbocycles. The number of aromatic nitrogens is 2. The number of oxime groups is 1. The maximum Gasteiger partial charge on any atom is 0.303 e. The lowest BCUT2D eigenvalue weighted by Crippen LogP contribution is -2.33. The third kappa shape index (κ3) is 5.44. The third-order valence-electron chi connectivity index (χ3n) is 6.97. The predicted octanol–water partition coefficient (Wildman–Crippen LogP) is 4.94. The van der Waals surface area contributed by atoms with E-state index in [1.807, 2.05) is 30.3 Å². The minimum absolute atomic E-state index is 0.0198. The molecular formula is C30H28FN3O5. The smallest absolute Gasteiger partial charge is 0.303 e. The Morgan fingerprint density at radius 3 is 2.56 bits per heavy atom. The minimum atomic E-state index is -0.958. The number of aliphatic carboxylic acids is 1. The molecule has 8 nitrogen and oxygen atoms in total. The van der Waals surface area contributed by atoms with Crippen molar-refractivity contribution in [3.05, 3.63) is 106 Å². The Bertz CT molecular complexity index is 1600. The summed E-state index contributed by atoms with van der Waals surface area (Å²) in [5, 5.41) is 24.6. The van der Waals surface area contributed by atoms with E-state index < -0.39 is 23.5 Å². The molecule has 9 heteroatoms. The lowest BCUT2D eigenvalue weighted by Gasteiger charge is -2.27. The maximum absolute atomic E-state index is 13.6. The van der Waals surface area contributed by atoms with Crippen LogP contribution in [0.1, 0.15) is 55.7 Å². The fraction of sp³-hybridized carbons (Fsp3) is 0.267. The lowest BCUT2D eigenvalue weighted by atomic mass is 9.87. The van der Waals surface area contributed by atoms with E-state index >= 15 is 0 Å². The van der Waals surface area contributed by atoms with Gasteiger partial charge in [0, 0.05) is 24.8 Å². The van der Waals surface area contributed by atoms with E-state index in [1.54, 1.807) is 25.1 Å². The van der Waals surface area contributed by atoms with E-state index in [9.17, 15) is 19.1 Å². The summed E-state index contributed by atoms with van der Waals surface area (Å²) in [5.74, 6) is -0.848. The monoisotopic (exact) mass is 529 g/mol. The Hall–Kier alpha value is -4.37. The van der Waals surface area contributed by atoms with E-state index in [2.05, 4.69) is 5.16 Å². The molecule has 2 N–H and O–H groups in total. The average molecular weight is 530 g/mol. The van der Waals surface area contributed by atoms with Gasteiger partial charge in [0.1, 0.15) is 17.7 Å². The minimum Gasteiger partial charge on any atom is -0.481 e. The number of nitrogens with zero attached hydrogens (tertiary/aromatic N) is 3. The average Bonchev–Trinajstić information content (AvgIpc) is 3.35. The second kappa shape index (κ2) is 10.8. The number of aliphatic hydroxyl groups is 1. The van der Waals surface area contributed by atoms with Crippen molar-refractivity contribution in [1.29, 1.82) is 0 Å². The van der Waals surface area contributed by atoms with Gasteiger partial charge in [0.25, 0.3) is 5.56 Å². The molecule has 4 aromatic rings. The van der Waals surface area contributed by atoms with E-state index in [-0.39, 0.29) is 12.0 Å². The first kappa shape index (κ1) is 26.2. The number of benzene rings is 3. The molecule has 1 aliphatic heterocycles. The van der Waals surface area contributed by atoms with Gasteiger partial charge in [-0.1, -0.05) is 41.6 Å². The fourth-order valence-corrected chi connectivity index (χ4v) is 4.84. The second-order valence-electron chi connectivity index (χ2n) is 9.91. The molecule has 0 unspecified atom stereocenters. The highest BCUT2D eigenvalue weighted by atomic mass is 19.1. The molecule has 2 heterocycles. The molecule has 0 bridgehead atoms. The van der Waals surface area contributed by atoms with Crippen LogP contribution in [0, 0.1) is 5.82 Å². The van der Waals surface area contributed by atoms with Crippen molar-refractivity contribution >= 4 is 22.6 Å². The SMILES string of the molecule is C[C@]1([C@@H](O)c2ccccc2)CC(c2ccc3c(=O)n(-c4ccc(F)cc4)c(CCCCC(=O)O)nc3c2)=NO1. The molecule has 0 radical (unpaired) electrons. The predicted molar refractivity (Wildman–Crippen MR) is 145 cm³/mol. The van der Waals surface area contributed by atoms with E-state index in [1.165, 1.54) is 28.8 Å². The number of hydrogen-bond donors (Lipinski definition) is 2. The van der Waals surface area contributed by atoms with Crippen molar-refractivity contribution < 1.29 is 24.2 Å². The van der Waals surface area contributed by atoms with Crippen LogP contribution in [0.5, 0.6) is 0 Å². The number of carboxylic acid groups (broad SMARTS) is 1. The molecule has 0 spiro atoms. The Balaban J connectivity index is 1.48. The first-order valence-electron chi connectivity index (χ1n) is 12.8. The molecule has 5 rings (SSSR count). The Morgan fingerprint density at radius 1 is 1.10 bits per heavy atom. The fourth-order valence-electron chi connectivity index (χ4n) is 4.84. The van der Waals surface area contributed by atoms with Gasteiger partial charge in [0.15, 0.2) is 5.60 Å².